The Hall–Kier alpha value is -4.13. The van der Waals surface area contributed by atoms with E-state index in [2.05, 4.69) is 22.4 Å². The van der Waals surface area contributed by atoms with Gasteiger partial charge in [-0.3, -0.25) is 4.40 Å². The number of methoxy groups -OCH3 is 2. The second kappa shape index (κ2) is 9.39. The third kappa shape index (κ3) is 4.24. The summed E-state index contributed by atoms with van der Waals surface area (Å²) in [7, 11) is 3.24. The fourth-order valence-electron chi connectivity index (χ4n) is 4.08. The number of imidazole rings is 1. The van der Waals surface area contributed by atoms with E-state index in [1.807, 2.05) is 53.1 Å². The van der Waals surface area contributed by atoms with Crippen LogP contribution >= 0.6 is 0 Å². The number of rotatable bonds is 8. The molecule has 0 fully saturated rings. The van der Waals surface area contributed by atoms with Gasteiger partial charge >= 0.3 is 0 Å². The number of nitrogens with one attached hydrogen (secondary N) is 1. The number of fused-ring (bicyclic) bond motifs is 3. The summed E-state index contributed by atoms with van der Waals surface area (Å²) in [6.07, 6.45) is 3.62. The van der Waals surface area contributed by atoms with Gasteiger partial charge in [-0.15, -0.1) is 0 Å². The monoisotopic (exact) mass is 456 g/mol. The number of hydrogen-bond donors (Lipinski definition) is 1. The van der Waals surface area contributed by atoms with Gasteiger partial charge in [0.2, 0.25) is 5.95 Å². The highest BCUT2D eigenvalue weighted by Crippen LogP contribution is 2.27. The molecule has 6 nitrogen and oxygen atoms in total. The molecular weight excluding hydrogens is 431 g/mol. The number of aryl methyl sites for hydroxylation is 2. The molecule has 5 rings (SSSR count). The lowest BCUT2D eigenvalue weighted by molar-refractivity contribution is 0.391. The molecule has 0 aliphatic heterocycles. The summed E-state index contributed by atoms with van der Waals surface area (Å²) in [5.74, 6) is 1.55. The van der Waals surface area contributed by atoms with Gasteiger partial charge in [-0.25, -0.2) is 14.4 Å². The van der Waals surface area contributed by atoms with Crippen LogP contribution in [0.25, 0.3) is 16.6 Å². The first kappa shape index (κ1) is 21.7. The van der Waals surface area contributed by atoms with Gasteiger partial charge < -0.3 is 14.8 Å². The number of para-hydroxylation sites is 1. The minimum Gasteiger partial charge on any atom is -0.497 e. The molecule has 0 unspecified atom stereocenters. The van der Waals surface area contributed by atoms with Crippen LogP contribution in [0.5, 0.6) is 11.5 Å². The Morgan fingerprint density at radius 2 is 1.76 bits per heavy atom. The molecule has 34 heavy (non-hydrogen) atoms. The van der Waals surface area contributed by atoms with Crippen molar-refractivity contribution in [2.45, 2.75) is 19.4 Å². The van der Waals surface area contributed by atoms with E-state index >= 15 is 0 Å². The van der Waals surface area contributed by atoms with Gasteiger partial charge in [-0.05, 0) is 42.7 Å². The van der Waals surface area contributed by atoms with Crippen molar-refractivity contribution < 1.29 is 13.9 Å². The van der Waals surface area contributed by atoms with Crippen LogP contribution in [0.1, 0.15) is 16.8 Å². The van der Waals surface area contributed by atoms with E-state index in [0.29, 0.717) is 40.5 Å². The lowest BCUT2D eigenvalue weighted by Crippen LogP contribution is -2.08. The number of anilines is 1. The number of halogens is 1. The maximum absolute atomic E-state index is 14.7. The molecule has 0 amide bonds. The third-order valence-electron chi connectivity index (χ3n) is 5.87. The van der Waals surface area contributed by atoms with Crippen LogP contribution in [0.2, 0.25) is 0 Å². The van der Waals surface area contributed by atoms with Crippen molar-refractivity contribution in [3.63, 3.8) is 0 Å². The van der Waals surface area contributed by atoms with Gasteiger partial charge in [0, 0.05) is 29.8 Å². The molecule has 2 aromatic heterocycles. The number of ether oxygens (including phenoxy) is 2. The second-order valence-corrected chi connectivity index (χ2v) is 8.01. The molecule has 3 aromatic carbocycles. The predicted octanol–water partition coefficient (Wildman–Crippen LogP) is 5.44. The largest absolute Gasteiger partial charge is 0.497 e. The highest BCUT2D eigenvalue weighted by atomic mass is 19.1. The quantitative estimate of drug-likeness (QED) is 0.337. The zero-order valence-electron chi connectivity index (χ0n) is 19.1. The Balaban J connectivity index is 1.51. The fourth-order valence-corrected chi connectivity index (χ4v) is 4.08. The Morgan fingerprint density at radius 3 is 2.56 bits per heavy atom. The highest BCUT2D eigenvalue weighted by molar-refractivity contribution is 5.93. The van der Waals surface area contributed by atoms with Crippen LogP contribution < -0.4 is 14.8 Å². The van der Waals surface area contributed by atoms with E-state index in [4.69, 9.17) is 14.5 Å². The number of benzene rings is 3. The summed E-state index contributed by atoms with van der Waals surface area (Å²) >= 11 is 0. The molecule has 0 atom stereocenters. The molecule has 7 heteroatoms. The van der Waals surface area contributed by atoms with E-state index in [0.717, 1.165) is 24.1 Å². The summed E-state index contributed by atoms with van der Waals surface area (Å²) in [4.78, 5) is 9.45. The summed E-state index contributed by atoms with van der Waals surface area (Å²) in [6, 6.07) is 20.9. The Bertz CT molecular complexity index is 1450. The maximum atomic E-state index is 14.7. The van der Waals surface area contributed by atoms with Crippen LogP contribution in [0.3, 0.4) is 0 Å². The van der Waals surface area contributed by atoms with Crippen molar-refractivity contribution in [1.29, 1.82) is 0 Å². The average Bonchev–Trinajstić information content (AvgIpc) is 3.32. The van der Waals surface area contributed by atoms with E-state index in [9.17, 15) is 4.39 Å². The van der Waals surface area contributed by atoms with Crippen molar-refractivity contribution in [3.8, 4) is 11.5 Å². The molecule has 5 aromatic rings. The van der Waals surface area contributed by atoms with Gasteiger partial charge in [-0.1, -0.05) is 36.4 Å². The Labute approximate surface area is 197 Å². The van der Waals surface area contributed by atoms with Crippen molar-refractivity contribution >= 4 is 22.5 Å². The SMILES string of the molecule is COc1ccc(CNc2nc3c(F)cccc3c3nc(CCc4ccccc4)cn23)c(OC)c1. The zero-order valence-corrected chi connectivity index (χ0v) is 19.1. The molecule has 0 radical (unpaired) electrons. The molecule has 0 saturated carbocycles. The van der Waals surface area contributed by atoms with Gasteiger partial charge in [-0.2, -0.15) is 0 Å². The summed E-state index contributed by atoms with van der Waals surface area (Å²) in [6.45, 7) is 0.437. The van der Waals surface area contributed by atoms with Gasteiger partial charge in [0.25, 0.3) is 0 Å². The number of aromatic nitrogens is 3. The van der Waals surface area contributed by atoms with Crippen LogP contribution in [-0.2, 0) is 19.4 Å². The van der Waals surface area contributed by atoms with Crippen LogP contribution in [-0.4, -0.2) is 28.6 Å². The summed E-state index contributed by atoms with van der Waals surface area (Å²) in [5.41, 5.74) is 4.07. The molecule has 172 valence electrons. The summed E-state index contributed by atoms with van der Waals surface area (Å²) in [5, 5.41) is 4.03. The summed E-state index contributed by atoms with van der Waals surface area (Å²) < 4.78 is 27.4. The van der Waals surface area contributed by atoms with Gasteiger partial charge in [0.05, 0.1) is 19.9 Å². The zero-order chi connectivity index (χ0) is 23.5. The lowest BCUT2D eigenvalue weighted by Gasteiger charge is -2.13. The van der Waals surface area contributed by atoms with E-state index < -0.39 is 0 Å². The lowest BCUT2D eigenvalue weighted by atomic mass is 10.1. The van der Waals surface area contributed by atoms with Gasteiger partial charge in [0.15, 0.2) is 0 Å². The minimum atomic E-state index is -0.376. The first-order valence-electron chi connectivity index (χ1n) is 11.1. The van der Waals surface area contributed by atoms with Crippen LogP contribution in [0, 0.1) is 5.82 Å². The first-order chi connectivity index (χ1) is 16.7. The normalized spacial score (nSPS) is 11.1. The predicted molar refractivity (Wildman–Crippen MR) is 131 cm³/mol. The van der Waals surface area contributed by atoms with E-state index in [1.165, 1.54) is 11.6 Å². The second-order valence-electron chi connectivity index (χ2n) is 8.01. The molecule has 0 aliphatic carbocycles. The molecule has 0 spiro atoms. The molecule has 0 saturated heterocycles. The van der Waals surface area contributed by atoms with Crippen molar-refractivity contribution in [2.24, 2.45) is 0 Å². The van der Waals surface area contributed by atoms with Crippen molar-refractivity contribution in [1.82, 2.24) is 14.4 Å². The van der Waals surface area contributed by atoms with Crippen LogP contribution in [0.15, 0.2) is 72.9 Å². The highest BCUT2D eigenvalue weighted by Gasteiger charge is 2.15. The first-order valence-corrected chi connectivity index (χ1v) is 11.1. The number of nitrogens with zero attached hydrogens (tertiary/aromatic N) is 3. The van der Waals surface area contributed by atoms with Gasteiger partial charge in [0.1, 0.15) is 28.5 Å². The Morgan fingerprint density at radius 1 is 0.912 bits per heavy atom. The standard InChI is InChI=1S/C27H25FN4O2/c1-33-21-14-12-19(24(15-21)34-2)16-29-27-31-25-22(9-6-10-23(25)28)26-30-20(17-32(26)27)13-11-18-7-4-3-5-8-18/h3-10,12,14-15,17H,11,13,16H2,1-2H3,(H,29,31). The topological polar surface area (TPSA) is 60.7 Å². The average molecular weight is 457 g/mol. The number of hydrogen-bond acceptors (Lipinski definition) is 5. The molecule has 0 aliphatic rings. The minimum absolute atomic E-state index is 0.291. The molecule has 0 bridgehead atoms. The van der Waals surface area contributed by atoms with Crippen molar-refractivity contribution in [3.05, 3.63) is 95.6 Å². The van der Waals surface area contributed by atoms with Crippen LogP contribution in [0.4, 0.5) is 10.3 Å². The maximum Gasteiger partial charge on any atom is 0.209 e. The van der Waals surface area contributed by atoms with E-state index in [1.54, 1.807) is 20.3 Å². The molecular formula is C27H25FN4O2. The van der Waals surface area contributed by atoms with Crippen molar-refractivity contribution in [2.75, 3.05) is 19.5 Å². The third-order valence-corrected chi connectivity index (χ3v) is 5.87. The fraction of sp³-hybridized carbons (Fsp3) is 0.185. The molecule has 1 N–H and O–H groups in total. The Kier molecular flexibility index (Phi) is 5.99. The molecule has 2 heterocycles. The van der Waals surface area contributed by atoms with E-state index in [-0.39, 0.29) is 5.82 Å². The smallest absolute Gasteiger partial charge is 0.209 e.